The lowest BCUT2D eigenvalue weighted by molar-refractivity contribution is -0.125. The number of hydrazine groups is 1. The van der Waals surface area contributed by atoms with Gasteiger partial charge in [0.1, 0.15) is 5.76 Å². The van der Waals surface area contributed by atoms with Crippen LogP contribution in [0.1, 0.15) is 11.3 Å². The van der Waals surface area contributed by atoms with E-state index in [4.69, 9.17) is 4.42 Å². The van der Waals surface area contributed by atoms with E-state index < -0.39 is 5.91 Å². The molecule has 2 aromatic rings. The minimum absolute atomic E-state index is 0.227. The van der Waals surface area contributed by atoms with Crippen molar-refractivity contribution in [3.8, 4) is 0 Å². The number of hydrogen-bond acceptors (Lipinski definition) is 4. The Morgan fingerprint density at radius 2 is 1.95 bits per heavy atom. The summed E-state index contributed by atoms with van der Waals surface area (Å²) in [5.74, 6) is 0.0948. The maximum atomic E-state index is 11.6. The molecule has 0 aliphatic carbocycles. The molecule has 0 atom stereocenters. The van der Waals surface area contributed by atoms with Gasteiger partial charge in [0.2, 0.25) is 5.91 Å². The molecule has 0 aliphatic rings. The SMILES string of the molecule is Cc1ccc(SCC(=O)NNC(=O)/C=C/c2ccco2)cc1. The Labute approximate surface area is 132 Å². The Morgan fingerprint density at radius 1 is 1.18 bits per heavy atom. The van der Waals surface area contributed by atoms with Gasteiger partial charge in [-0.25, -0.2) is 0 Å². The third-order valence-electron chi connectivity index (χ3n) is 2.66. The average Bonchev–Trinajstić information content (AvgIpc) is 3.04. The Balaban J connectivity index is 1.68. The number of carbonyl (C=O) groups excluding carboxylic acids is 2. The first kappa shape index (κ1) is 15.9. The van der Waals surface area contributed by atoms with Gasteiger partial charge in [-0.15, -0.1) is 11.8 Å². The molecule has 1 aromatic heterocycles. The zero-order valence-corrected chi connectivity index (χ0v) is 12.9. The Hall–Kier alpha value is -2.47. The van der Waals surface area contributed by atoms with Crippen LogP contribution in [0.4, 0.5) is 0 Å². The van der Waals surface area contributed by atoms with Crippen molar-refractivity contribution in [1.82, 2.24) is 10.9 Å². The molecule has 1 aromatic carbocycles. The van der Waals surface area contributed by atoms with E-state index in [1.165, 1.54) is 35.7 Å². The lowest BCUT2D eigenvalue weighted by Crippen LogP contribution is -2.41. The molecule has 1 heterocycles. The van der Waals surface area contributed by atoms with Crippen LogP contribution in [0, 0.1) is 6.92 Å². The monoisotopic (exact) mass is 316 g/mol. The van der Waals surface area contributed by atoms with Gasteiger partial charge in [0.15, 0.2) is 0 Å². The van der Waals surface area contributed by atoms with Crippen LogP contribution >= 0.6 is 11.8 Å². The molecule has 0 saturated heterocycles. The summed E-state index contributed by atoms with van der Waals surface area (Å²) in [5.41, 5.74) is 5.83. The van der Waals surface area contributed by atoms with Gasteiger partial charge in [-0.05, 0) is 37.3 Å². The highest BCUT2D eigenvalue weighted by Gasteiger charge is 2.04. The molecule has 2 amide bonds. The van der Waals surface area contributed by atoms with Crippen molar-refractivity contribution >= 4 is 29.7 Å². The van der Waals surface area contributed by atoms with Crippen molar-refractivity contribution in [2.24, 2.45) is 0 Å². The number of benzene rings is 1. The largest absolute Gasteiger partial charge is 0.465 e. The smallest absolute Gasteiger partial charge is 0.262 e. The molecular weight excluding hydrogens is 300 g/mol. The second-order valence-corrected chi connectivity index (χ2v) is 5.54. The van der Waals surface area contributed by atoms with Crippen molar-refractivity contribution in [2.45, 2.75) is 11.8 Å². The third kappa shape index (κ3) is 5.49. The molecule has 0 saturated carbocycles. The summed E-state index contributed by atoms with van der Waals surface area (Å²) in [5, 5.41) is 0. The molecule has 0 aliphatic heterocycles. The molecule has 5 nitrogen and oxygen atoms in total. The first-order chi connectivity index (χ1) is 10.6. The van der Waals surface area contributed by atoms with Crippen LogP contribution in [0.5, 0.6) is 0 Å². The van der Waals surface area contributed by atoms with Gasteiger partial charge in [0.25, 0.3) is 5.91 Å². The van der Waals surface area contributed by atoms with Gasteiger partial charge in [0.05, 0.1) is 12.0 Å². The summed E-state index contributed by atoms with van der Waals surface area (Å²) in [6, 6.07) is 11.3. The Kier molecular flexibility index (Phi) is 5.85. The average molecular weight is 316 g/mol. The normalized spacial score (nSPS) is 10.6. The molecule has 6 heteroatoms. The molecule has 2 rings (SSSR count). The van der Waals surface area contributed by atoms with E-state index in [9.17, 15) is 9.59 Å². The fourth-order valence-electron chi connectivity index (χ4n) is 1.54. The zero-order chi connectivity index (χ0) is 15.8. The maximum absolute atomic E-state index is 11.6. The van der Waals surface area contributed by atoms with Gasteiger partial charge in [0, 0.05) is 11.0 Å². The first-order valence-electron chi connectivity index (χ1n) is 6.63. The number of nitrogens with one attached hydrogen (secondary N) is 2. The van der Waals surface area contributed by atoms with Crippen molar-refractivity contribution in [1.29, 1.82) is 0 Å². The van der Waals surface area contributed by atoms with Crippen molar-refractivity contribution in [2.75, 3.05) is 5.75 Å². The number of hydrogen-bond donors (Lipinski definition) is 2. The molecule has 0 spiro atoms. The predicted molar refractivity (Wildman–Crippen MR) is 85.9 cm³/mol. The summed E-state index contributed by atoms with van der Waals surface area (Å²) in [7, 11) is 0. The Morgan fingerprint density at radius 3 is 2.64 bits per heavy atom. The van der Waals surface area contributed by atoms with Crippen molar-refractivity contribution in [3.05, 3.63) is 60.1 Å². The Bertz CT molecular complexity index is 649. The van der Waals surface area contributed by atoms with E-state index in [-0.39, 0.29) is 11.7 Å². The molecule has 0 fully saturated rings. The quantitative estimate of drug-likeness (QED) is 0.505. The molecular formula is C16H16N2O3S. The lowest BCUT2D eigenvalue weighted by Gasteiger charge is -2.05. The molecule has 0 radical (unpaired) electrons. The van der Waals surface area contributed by atoms with Crippen LogP contribution in [0.15, 0.2) is 58.1 Å². The van der Waals surface area contributed by atoms with Gasteiger partial charge < -0.3 is 4.42 Å². The first-order valence-corrected chi connectivity index (χ1v) is 7.62. The van der Waals surface area contributed by atoms with Crippen molar-refractivity contribution in [3.63, 3.8) is 0 Å². The predicted octanol–water partition coefficient (Wildman–Crippen LogP) is 2.54. The summed E-state index contributed by atoms with van der Waals surface area (Å²) in [6.45, 7) is 2.01. The highest BCUT2D eigenvalue weighted by atomic mass is 32.2. The van der Waals surface area contributed by atoms with Crippen molar-refractivity contribution < 1.29 is 14.0 Å². The second-order valence-electron chi connectivity index (χ2n) is 4.49. The molecule has 22 heavy (non-hydrogen) atoms. The summed E-state index contributed by atoms with van der Waals surface area (Å²) >= 11 is 1.40. The van der Waals surface area contributed by atoms with E-state index in [1.54, 1.807) is 12.1 Å². The van der Waals surface area contributed by atoms with E-state index in [0.717, 1.165) is 4.90 Å². The maximum Gasteiger partial charge on any atom is 0.262 e. The second kappa shape index (κ2) is 8.09. The fourth-order valence-corrected chi connectivity index (χ4v) is 2.23. The fraction of sp³-hybridized carbons (Fsp3) is 0.125. The number of furan rings is 1. The minimum Gasteiger partial charge on any atom is -0.465 e. The summed E-state index contributed by atoms with van der Waals surface area (Å²) in [4.78, 5) is 24.1. The number of carbonyl (C=O) groups is 2. The van der Waals surface area contributed by atoms with Crippen LogP contribution in [0.3, 0.4) is 0 Å². The van der Waals surface area contributed by atoms with Gasteiger partial charge in [-0.3, -0.25) is 20.4 Å². The molecule has 0 bridgehead atoms. The van der Waals surface area contributed by atoms with E-state index in [0.29, 0.717) is 5.76 Å². The van der Waals surface area contributed by atoms with Gasteiger partial charge in [-0.1, -0.05) is 17.7 Å². The minimum atomic E-state index is -0.426. The highest BCUT2D eigenvalue weighted by Crippen LogP contribution is 2.17. The van der Waals surface area contributed by atoms with Crippen LogP contribution < -0.4 is 10.9 Å². The number of rotatable bonds is 5. The van der Waals surface area contributed by atoms with Gasteiger partial charge in [-0.2, -0.15) is 0 Å². The highest BCUT2D eigenvalue weighted by molar-refractivity contribution is 8.00. The molecule has 0 unspecified atom stereocenters. The number of aryl methyl sites for hydroxylation is 1. The van der Waals surface area contributed by atoms with Crippen LogP contribution in [0.25, 0.3) is 6.08 Å². The van der Waals surface area contributed by atoms with Crippen LogP contribution in [-0.2, 0) is 9.59 Å². The van der Waals surface area contributed by atoms with Crippen LogP contribution in [0.2, 0.25) is 0 Å². The molecule has 2 N–H and O–H groups in total. The summed E-state index contributed by atoms with van der Waals surface area (Å²) in [6.07, 6.45) is 4.32. The lowest BCUT2D eigenvalue weighted by atomic mass is 10.2. The zero-order valence-electron chi connectivity index (χ0n) is 12.0. The summed E-state index contributed by atoms with van der Waals surface area (Å²) < 4.78 is 5.05. The van der Waals surface area contributed by atoms with Crippen LogP contribution in [-0.4, -0.2) is 17.6 Å². The van der Waals surface area contributed by atoms with E-state index in [1.807, 2.05) is 31.2 Å². The number of amides is 2. The van der Waals surface area contributed by atoms with E-state index >= 15 is 0 Å². The van der Waals surface area contributed by atoms with E-state index in [2.05, 4.69) is 10.9 Å². The standard InChI is InChI=1S/C16H16N2O3S/c1-12-4-7-14(8-5-12)22-11-16(20)18-17-15(19)9-6-13-3-2-10-21-13/h2-10H,11H2,1H3,(H,17,19)(H,18,20)/b9-6+. The molecule has 114 valence electrons. The van der Waals surface area contributed by atoms with Gasteiger partial charge >= 0.3 is 0 Å². The third-order valence-corrected chi connectivity index (χ3v) is 3.67. The topological polar surface area (TPSA) is 71.3 Å². The number of thioether (sulfide) groups is 1.